The molecule has 0 aliphatic carbocycles. The third-order valence-corrected chi connectivity index (χ3v) is 2.72. The van der Waals surface area contributed by atoms with Gasteiger partial charge in [0.25, 0.3) is 5.56 Å². The second-order valence-corrected chi connectivity index (χ2v) is 3.86. The summed E-state index contributed by atoms with van der Waals surface area (Å²) in [5.74, 6) is 0. The first-order valence-electron chi connectivity index (χ1n) is 5.41. The highest BCUT2D eigenvalue weighted by atomic mass is 16.2. The molecule has 0 radical (unpaired) electrons. The van der Waals surface area contributed by atoms with E-state index >= 15 is 0 Å². The molecule has 7 nitrogen and oxygen atoms in total. The lowest BCUT2D eigenvalue weighted by Gasteiger charge is -2.00. The standard InChI is InChI=1S/C10H11N5O2/c1-2-4-14-9(16)6-7(12-10(14)17)13-15-5-3-11-8(6)15/h3,5,11H,2,4H2,1H3,(H,12,13,17). The van der Waals surface area contributed by atoms with E-state index in [-0.39, 0.29) is 5.56 Å². The molecule has 17 heavy (non-hydrogen) atoms. The first kappa shape index (κ1) is 9.88. The molecule has 2 N–H and O–H groups in total. The molecular formula is C10H11N5O2. The summed E-state index contributed by atoms with van der Waals surface area (Å²) in [6.45, 7) is 2.32. The van der Waals surface area contributed by atoms with Crippen molar-refractivity contribution >= 4 is 16.7 Å². The van der Waals surface area contributed by atoms with Crippen LogP contribution in [0.3, 0.4) is 0 Å². The normalized spacial score (nSPS) is 11.6. The second-order valence-electron chi connectivity index (χ2n) is 3.86. The van der Waals surface area contributed by atoms with E-state index < -0.39 is 5.69 Å². The van der Waals surface area contributed by atoms with Crippen LogP contribution in [-0.2, 0) is 6.54 Å². The lowest BCUT2D eigenvalue weighted by molar-refractivity contribution is 0.623. The van der Waals surface area contributed by atoms with Gasteiger partial charge in [-0.3, -0.25) is 14.3 Å². The van der Waals surface area contributed by atoms with Gasteiger partial charge >= 0.3 is 5.69 Å². The number of fused-ring (bicyclic) bond motifs is 3. The van der Waals surface area contributed by atoms with Crippen LogP contribution in [0.2, 0.25) is 0 Å². The molecule has 3 heterocycles. The number of rotatable bonds is 2. The molecule has 0 unspecified atom stereocenters. The number of nitrogens with one attached hydrogen (secondary N) is 2. The molecule has 3 rings (SSSR count). The molecule has 0 saturated carbocycles. The summed E-state index contributed by atoms with van der Waals surface area (Å²) in [6.07, 6.45) is 4.11. The number of aromatic amines is 2. The average molecular weight is 233 g/mol. The van der Waals surface area contributed by atoms with Crippen molar-refractivity contribution in [2.45, 2.75) is 19.9 Å². The van der Waals surface area contributed by atoms with Crippen LogP contribution in [0.4, 0.5) is 0 Å². The Kier molecular flexibility index (Phi) is 1.94. The van der Waals surface area contributed by atoms with Gasteiger partial charge in [-0.2, -0.15) is 0 Å². The highest BCUT2D eigenvalue weighted by Gasteiger charge is 2.13. The van der Waals surface area contributed by atoms with Gasteiger partial charge in [0.1, 0.15) is 11.0 Å². The lowest BCUT2D eigenvalue weighted by atomic mass is 10.4. The predicted molar refractivity (Wildman–Crippen MR) is 62.2 cm³/mol. The summed E-state index contributed by atoms with van der Waals surface area (Å²) in [5, 5.41) is 4.53. The van der Waals surface area contributed by atoms with Gasteiger partial charge in [0.2, 0.25) is 0 Å². The molecule has 0 amide bonds. The van der Waals surface area contributed by atoms with Crippen LogP contribution < -0.4 is 11.2 Å². The second kappa shape index (κ2) is 3.34. The summed E-state index contributed by atoms with van der Waals surface area (Å²) in [7, 11) is 0. The first-order valence-corrected chi connectivity index (χ1v) is 5.41. The zero-order chi connectivity index (χ0) is 12.0. The van der Waals surface area contributed by atoms with Crippen molar-refractivity contribution in [2.24, 2.45) is 0 Å². The quantitative estimate of drug-likeness (QED) is 0.656. The van der Waals surface area contributed by atoms with Crippen LogP contribution in [0, 0.1) is 0 Å². The highest BCUT2D eigenvalue weighted by molar-refractivity contribution is 5.88. The van der Waals surface area contributed by atoms with Crippen LogP contribution >= 0.6 is 0 Å². The number of nitrogens with zero attached hydrogens (tertiary/aromatic N) is 3. The number of hydrogen-bond acceptors (Lipinski definition) is 3. The van der Waals surface area contributed by atoms with Crippen molar-refractivity contribution in [1.29, 1.82) is 0 Å². The van der Waals surface area contributed by atoms with Crippen molar-refractivity contribution in [1.82, 2.24) is 24.1 Å². The van der Waals surface area contributed by atoms with Crippen molar-refractivity contribution in [3.8, 4) is 0 Å². The van der Waals surface area contributed by atoms with Gasteiger partial charge in [-0.1, -0.05) is 6.92 Å². The Morgan fingerprint density at radius 1 is 1.41 bits per heavy atom. The molecule has 0 aliphatic heterocycles. The molecule has 0 aliphatic rings. The number of aromatic nitrogens is 5. The third-order valence-electron chi connectivity index (χ3n) is 2.72. The summed E-state index contributed by atoms with van der Waals surface area (Å²) >= 11 is 0. The zero-order valence-electron chi connectivity index (χ0n) is 9.23. The Morgan fingerprint density at radius 3 is 3.00 bits per heavy atom. The Labute approximate surface area is 94.7 Å². The van der Waals surface area contributed by atoms with Gasteiger partial charge in [0.05, 0.1) is 0 Å². The molecule has 88 valence electrons. The minimum atomic E-state index is -0.412. The third kappa shape index (κ3) is 1.25. The Balaban J connectivity index is 2.52. The Bertz CT molecular complexity index is 803. The van der Waals surface area contributed by atoms with Gasteiger partial charge in [-0.25, -0.2) is 9.31 Å². The van der Waals surface area contributed by atoms with Gasteiger partial charge in [-0.15, -0.1) is 5.10 Å². The fourth-order valence-electron chi connectivity index (χ4n) is 1.98. The highest BCUT2D eigenvalue weighted by Crippen LogP contribution is 2.09. The minimum Gasteiger partial charge on any atom is -0.344 e. The van der Waals surface area contributed by atoms with E-state index in [9.17, 15) is 9.59 Å². The molecule has 3 aromatic heterocycles. The summed E-state index contributed by atoms with van der Waals surface area (Å²) < 4.78 is 2.74. The lowest BCUT2D eigenvalue weighted by Crippen LogP contribution is -2.34. The Morgan fingerprint density at radius 2 is 2.24 bits per heavy atom. The fraction of sp³-hybridized carbons (Fsp3) is 0.300. The average Bonchev–Trinajstić information content (AvgIpc) is 2.83. The van der Waals surface area contributed by atoms with E-state index in [2.05, 4.69) is 15.1 Å². The predicted octanol–water partition coefficient (Wildman–Crippen LogP) is 0.0756. The number of hydrogen-bond donors (Lipinski definition) is 2. The maximum Gasteiger partial charge on any atom is 0.330 e. The molecule has 0 spiro atoms. The summed E-state index contributed by atoms with van der Waals surface area (Å²) in [5.41, 5.74) is 0.207. The molecular weight excluding hydrogens is 222 g/mol. The van der Waals surface area contributed by atoms with E-state index in [1.165, 1.54) is 9.08 Å². The molecule has 0 fully saturated rings. The maximum atomic E-state index is 12.2. The van der Waals surface area contributed by atoms with Gasteiger partial charge < -0.3 is 4.98 Å². The maximum absolute atomic E-state index is 12.2. The van der Waals surface area contributed by atoms with E-state index in [1.807, 2.05) is 6.92 Å². The van der Waals surface area contributed by atoms with Crippen molar-refractivity contribution < 1.29 is 0 Å². The van der Waals surface area contributed by atoms with E-state index in [4.69, 9.17) is 0 Å². The van der Waals surface area contributed by atoms with Crippen LogP contribution in [0.15, 0.2) is 22.0 Å². The molecule has 0 saturated heterocycles. The van der Waals surface area contributed by atoms with Crippen LogP contribution in [0.5, 0.6) is 0 Å². The fourth-order valence-corrected chi connectivity index (χ4v) is 1.98. The van der Waals surface area contributed by atoms with E-state index in [0.717, 1.165) is 6.42 Å². The smallest absolute Gasteiger partial charge is 0.330 e. The molecule has 0 aromatic carbocycles. The van der Waals surface area contributed by atoms with Crippen molar-refractivity contribution in [2.75, 3.05) is 0 Å². The van der Waals surface area contributed by atoms with Gasteiger partial charge in [0, 0.05) is 18.9 Å². The molecule has 7 heteroatoms. The minimum absolute atomic E-state index is 0.303. The summed E-state index contributed by atoms with van der Waals surface area (Å²) in [4.78, 5) is 29.4. The SMILES string of the molecule is CCCn1c(=O)[nH]c2nn3cc[nH]c3c2c1=O. The first-order chi connectivity index (χ1) is 8.22. The summed E-state index contributed by atoms with van der Waals surface area (Å²) in [6, 6.07) is 0. The van der Waals surface area contributed by atoms with Crippen LogP contribution in [0.25, 0.3) is 16.7 Å². The largest absolute Gasteiger partial charge is 0.344 e. The van der Waals surface area contributed by atoms with Crippen LogP contribution in [0.1, 0.15) is 13.3 Å². The number of H-pyrrole nitrogens is 2. The van der Waals surface area contributed by atoms with E-state index in [0.29, 0.717) is 23.2 Å². The molecule has 0 bridgehead atoms. The van der Waals surface area contributed by atoms with Gasteiger partial charge in [-0.05, 0) is 6.42 Å². The van der Waals surface area contributed by atoms with Crippen molar-refractivity contribution in [3.05, 3.63) is 33.2 Å². The number of imidazole rings is 1. The topological polar surface area (TPSA) is 87.9 Å². The zero-order valence-corrected chi connectivity index (χ0v) is 9.23. The van der Waals surface area contributed by atoms with Crippen LogP contribution in [-0.4, -0.2) is 24.1 Å². The monoisotopic (exact) mass is 233 g/mol. The van der Waals surface area contributed by atoms with Gasteiger partial charge in [0.15, 0.2) is 5.65 Å². The Hall–Kier alpha value is -2.31. The molecule has 0 atom stereocenters. The van der Waals surface area contributed by atoms with E-state index in [1.54, 1.807) is 12.4 Å². The molecule has 3 aromatic rings. The van der Waals surface area contributed by atoms with Crippen molar-refractivity contribution in [3.63, 3.8) is 0 Å².